The van der Waals surface area contributed by atoms with Gasteiger partial charge in [0.1, 0.15) is 23.2 Å². The monoisotopic (exact) mass is 303 g/mol. The number of ether oxygens (including phenoxy) is 1. The van der Waals surface area contributed by atoms with Gasteiger partial charge >= 0.3 is 6.09 Å². The van der Waals surface area contributed by atoms with E-state index in [1.54, 1.807) is 20.8 Å². The summed E-state index contributed by atoms with van der Waals surface area (Å²) in [5, 5.41) is 2.15. The maximum atomic E-state index is 13.7. The van der Waals surface area contributed by atoms with Crippen molar-refractivity contribution in [1.82, 2.24) is 5.32 Å². The van der Waals surface area contributed by atoms with Crippen LogP contribution in [0.1, 0.15) is 33.3 Å². The lowest BCUT2D eigenvalue weighted by Crippen LogP contribution is -2.47. The third kappa shape index (κ3) is 4.21. The first-order chi connectivity index (χ1) is 9.48. The normalized spacial score (nSPS) is 14.2. The summed E-state index contributed by atoms with van der Waals surface area (Å²) >= 11 is 0. The molecule has 116 valence electrons. The van der Waals surface area contributed by atoms with Crippen molar-refractivity contribution in [1.29, 1.82) is 0 Å². The Morgan fingerprint density at radius 3 is 2.10 bits per heavy atom. The number of nitrogens with one attached hydrogen (secondary N) is 1. The van der Waals surface area contributed by atoms with Gasteiger partial charge in [-0.3, -0.25) is 0 Å². The zero-order valence-corrected chi connectivity index (χ0v) is 12.1. The van der Waals surface area contributed by atoms with E-state index in [0.717, 1.165) is 6.92 Å². The molecule has 0 saturated carbocycles. The Kier molecular flexibility index (Phi) is 4.65. The SMILES string of the molecule is CC(C)(C)OC(=O)NC(C)(C=O)c1cc(F)c(F)cc1F. The van der Waals surface area contributed by atoms with Crippen LogP contribution < -0.4 is 5.32 Å². The van der Waals surface area contributed by atoms with Crippen molar-refractivity contribution in [2.24, 2.45) is 0 Å². The van der Waals surface area contributed by atoms with Crippen LogP contribution in [-0.2, 0) is 15.1 Å². The third-order valence-corrected chi connectivity index (χ3v) is 2.57. The highest BCUT2D eigenvalue weighted by atomic mass is 19.2. The molecule has 1 unspecified atom stereocenters. The van der Waals surface area contributed by atoms with Crippen molar-refractivity contribution in [3.05, 3.63) is 35.1 Å². The highest BCUT2D eigenvalue weighted by Gasteiger charge is 2.34. The maximum absolute atomic E-state index is 13.7. The van der Waals surface area contributed by atoms with E-state index >= 15 is 0 Å². The lowest BCUT2D eigenvalue weighted by Gasteiger charge is -2.28. The second-order valence-corrected chi connectivity index (χ2v) is 5.69. The average molecular weight is 303 g/mol. The number of benzene rings is 1. The first-order valence-electron chi connectivity index (χ1n) is 6.11. The zero-order valence-electron chi connectivity index (χ0n) is 12.1. The summed E-state index contributed by atoms with van der Waals surface area (Å²) in [6.07, 6.45) is -0.770. The van der Waals surface area contributed by atoms with Crippen LogP contribution in [0, 0.1) is 17.5 Å². The molecule has 1 amide bonds. The minimum atomic E-state index is -1.89. The summed E-state index contributed by atoms with van der Waals surface area (Å²) in [5.74, 6) is -3.87. The topological polar surface area (TPSA) is 55.4 Å². The number of alkyl carbamates (subject to hydrolysis) is 1. The number of carbonyl (C=O) groups is 2. The zero-order chi connectivity index (χ0) is 16.4. The predicted octanol–water partition coefficient (Wildman–Crippen LogP) is 3.04. The Bertz CT molecular complexity index is 569. The van der Waals surface area contributed by atoms with Gasteiger partial charge in [0, 0.05) is 11.6 Å². The number of halogens is 3. The summed E-state index contributed by atoms with van der Waals surface area (Å²) < 4.78 is 44.8. The second-order valence-electron chi connectivity index (χ2n) is 5.69. The van der Waals surface area contributed by atoms with E-state index in [0.29, 0.717) is 12.1 Å². The van der Waals surface area contributed by atoms with Crippen molar-refractivity contribution in [3.8, 4) is 0 Å². The van der Waals surface area contributed by atoms with Gasteiger partial charge in [0.05, 0.1) is 0 Å². The number of aldehydes is 1. The molecule has 0 fully saturated rings. The third-order valence-electron chi connectivity index (χ3n) is 2.57. The molecule has 1 N–H and O–H groups in total. The highest BCUT2D eigenvalue weighted by Crippen LogP contribution is 2.25. The molecule has 1 aromatic carbocycles. The van der Waals surface area contributed by atoms with Crippen LogP contribution in [0.5, 0.6) is 0 Å². The molecule has 0 aromatic heterocycles. The molecular formula is C14H16F3NO3. The van der Waals surface area contributed by atoms with Gasteiger partial charge in [-0.2, -0.15) is 0 Å². The summed E-state index contributed by atoms with van der Waals surface area (Å²) in [4.78, 5) is 22.9. The van der Waals surface area contributed by atoms with Crippen molar-refractivity contribution in [2.45, 2.75) is 38.8 Å². The van der Waals surface area contributed by atoms with Crippen LogP contribution in [0.2, 0.25) is 0 Å². The van der Waals surface area contributed by atoms with Crippen molar-refractivity contribution in [3.63, 3.8) is 0 Å². The predicted molar refractivity (Wildman–Crippen MR) is 69.1 cm³/mol. The fraction of sp³-hybridized carbons (Fsp3) is 0.429. The van der Waals surface area contributed by atoms with Gasteiger partial charge in [0.15, 0.2) is 11.6 Å². The molecule has 0 saturated heterocycles. The van der Waals surface area contributed by atoms with Crippen molar-refractivity contribution < 1.29 is 27.5 Å². The maximum Gasteiger partial charge on any atom is 0.408 e. The first kappa shape index (κ1) is 17.0. The molecule has 0 heterocycles. The fourth-order valence-corrected chi connectivity index (χ4v) is 1.60. The first-order valence-corrected chi connectivity index (χ1v) is 6.11. The Hall–Kier alpha value is -2.05. The van der Waals surface area contributed by atoms with Crippen LogP contribution >= 0.6 is 0 Å². The largest absolute Gasteiger partial charge is 0.444 e. The summed E-state index contributed by atoms with van der Waals surface area (Å²) in [6, 6.07) is 0.833. The number of hydrogen-bond donors (Lipinski definition) is 1. The Balaban J connectivity index is 3.13. The van der Waals surface area contributed by atoms with E-state index in [-0.39, 0.29) is 6.29 Å². The summed E-state index contributed by atoms with van der Waals surface area (Å²) in [7, 11) is 0. The fourth-order valence-electron chi connectivity index (χ4n) is 1.60. The molecule has 7 heteroatoms. The van der Waals surface area contributed by atoms with E-state index < -0.39 is 40.2 Å². The van der Waals surface area contributed by atoms with Crippen LogP contribution in [0.3, 0.4) is 0 Å². The van der Waals surface area contributed by atoms with E-state index in [9.17, 15) is 22.8 Å². The van der Waals surface area contributed by atoms with Crippen molar-refractivity contribution >= 4 is 12.4 Å². The second kappa shape index (κ2) is 5.75. The number of hydrogen-bond acceptors (Lipinski definition) is 3. The Morgan fingerprint density at radius 2 is 1.62 bits per heavy atom. The summed E-state index contributed by atoms with van der Waals surface area (Å²) in [5.41, 5.74) is -3.22. The lowest BCUT2D eigenvalue weighted by molar-refractivity contribution is -0.113. The Labute approximate surface area is 120 Å². The number of rotatable bonds is 3. The molecule has 1 aromatic rings. The van der Waals surface area contributed by atoms with E-state index in [1.807, 2.05) is 0 Å². The molecule has 4 nitrogen and oxygen atoms in total. The van der Waals surface area contributed by atoms with Gasteiger partial charge in [-0.15, -0.1) is 0 Å². The van der Waals surface area contributed by atoms with Crippen LogP contribution in [0.4, 0.5) is 18.0 Å². The van der Waals surface area contributed by atoms with E-state index in [4.69, 9.17) is 4.74 Å². The van der Waals surface area contributed by atoms with Gasteiger partial charge in [0.2, 0.25) is 0 Å². The molecule has 0 spiro atoms. The molecule has 21 heavy (non-hydrogen) atoms. The van der Waals surface area contributed by atoms with E-state index in [2.05, 4.69) is 5.32 Å². The smallest absolute Gasteiger partial charge is 0.408 e. The standard InChI is InChI=1S/C14H16F3NO3/c1-13(2,3)21-12(20)18-14(4,7-19)8-5-10(16)11(17)6-9(8)15/h5-7H,1-4H3,(H,18,20). The molecular weight excluding hydrogens is 287 g/mol. The van der Waals surface area contributed by atoms with Crippen molar-refractivity contribution in [2.75, 3.05) is 0 Å². The molecule has 0 radical (unpaired) electrons. The van der Waals surface area contributed by atoms with Crippen LogP contribution in [0.15, 0.2) is 12.1 Å². The van der Waals surface area contributed by atoms with Gasteiger partial charge in [-0.25, -0.2) is 18.0 Å². The van der Waals surface area contributed by atoms with Gasteiger partial charge in [0.25, 0.3) is 0 Å². The lowest BCUT2D eigenvalue weighted by atomic mass is 9.93. The summed E-state index contributed by atoms with van der Waals surface area (Å²) in [6.45, 7) is 5.95. The minimum Gasteiger partial charge on any atom is -0.444 e. The van der Waals surface area contributed by atoms with Gasteiger partial charge < -0.3 is 14.8 Å². The quantitative estimate of drug-likeness (QED) is 0.690. The molecule has 1 atom stereocenters. The van der Waals surface area contributed by atoms with Crippen LogP contribution in [0.25, 0.3) is 0 Å². The average Bonchev–Trinajstić information content (AvgIpc) is 2.31. The van der Waals surface area contributed by atoms with Gasteiger partial charge in [-0.05, 0) is 33.8 Å². The number of carbonyl (C=O) groups excluding carboxylic acids is 2. The van der Waals surface area contributed by atoms with Gasteiger partial charge in [-0.1, -0.05) is 0 Å². The molecule has 1 rings (SSSR count). The van der Waals surface area contributed by atoms with Crippen LogP contribution in [-0.4, -0.2) is 18.0 Å². The molecule has 0 aliphatic carbocycles. The number of amides is 1. The Morgan fingerprint density at radius 1 is 1.10 bits per heavy atom. The highest BCUT2D eigenvalue weighted by molar-refractivity contribution is 5.78. The minimum absolute atomic E-state index is 0.215. The molecule has 0 aliphatic heterocycles. The molecule has 0 aliphatic rings. The van der Waals surface area contributed by atoms with E-state index in [1.165, 1.54) is 0 Å². The molecule has 0 bridgehead atoms.